The fourth-order valence-corrected chi connectivity index (χ4v) is 4.45. The molecule has 2 aromatic carbocycles. The van der Waals surface area contributed by atoms with Crippen molar-refractivity contribution in [3.8, 4) is 10.4 Å². The second-order valence-electron chi connectivity index (χ2n) is 6.69. The molecule has 29 heavy (non-hydrogen) atoms. The molecule has 0 spiro atoms. The van der Waals surface area contributed by atoms with E-state index in [1.165, 1.54) is 29.0 Å². The molecule has 0 unspecified atom stereocenters. The molecule has 146 valence electrons. The molecule has 2 amide bonds. The number of esters is 1. The van der Waals surface area contributed by atoms with Gasteiger partial charge in [0.2, 0.25) is 5.91 Å². The Morgan fingerprint density at radius 1 is 1.00 bits per heavy atom. The molecular formula is C22H18N2O4S. The van der Waals surface area contributed by atoms with Crippen LogP contribution in [0.5, 0.6) is 0 Å². The lowest BCUT2D eigenvalue weighted by atomic mass is 9.91. The molecule has 1 aromatic heterocycles. The maximum absolute atomic E-state index is 12.4. The lowest BCUT2D eigenvalue weighted by molar-refractivity contribution is -0.119. The van der Waals surface area contributed by atoms with Crippen LogP contribution in [0.25, 0.3) is 10.4 Å². The number of carbonyl (C=O) groups is 3. The molecule has 7 heteroatoms. The van der Waals surface area contributed by atoms with Gasteiger partial charge in [0.1, 0.15) is 4.88 Å². The van der Waals surface area contributed by atoms with E-state index in [1.54, 1.807) is 12.1 Å². The molecule has 1 aliphatic carbocycles. The minimum atomic E-state index is -0.543. The van der Waals surface area contributed by atoms with Gasteiger partial charge >= 0.3 is 5.97 Å². The van der Waals surface area contributed by atoms with Crippen LogP contribution in [0.2, 0.25) is 0 Å². The highest BCUT2D eigenvalue weighted by molar-refractivity contribution is 7.17. The van der Waals surface area contributed by atoms with Gasteiger partial charge in [-0.15, -0.1) is 11.3 Å². The average Bonchev–Trinajstić information content (AvgIpc) is 3.17. The first-order valence-electron chi connectivity index (χ1n) is 9.09. The van der Waals surface area contributed by atoms with Gasteiger partial charge in [0, 0.05) is 16.1 Å². The number of benzene rings is 2. The summed E-state index contributed by atoms with van der Waals surface area (Å²) in [6, 6.07) is 16.2. The van der Waals surface area contributed by atoms with Crippen LogP contribution >= 0.6 is 11.3 Å². The molecule has 0 fully saturated rings. The Morgan fingerprint density at radius 2 is 1.72 bits per heavy atom. The molecule has 1 heterocycles. The Bertz CT molecular complexity index is 1100. The zero-order valence-corrected chi connectivity index (χ0v) is 16.3. The number of anilines is 1. The number of primary amides is 1. The normalized spacial score (nSPS) is 11.9. The molecule has 0 saturated heterocycles. The van der Waals surface area contributed by atoms with Crippen molar-refractivity contribution < 1.29 is 19.1 Å². The fraction of sp³-hybridized carbons (Fsp3) is 0.136. The minimum absolute atomic E-state index is 0.345. The summed E-state index contributed by atoms with van der Waals surface area (Å²) in [6.45, 7) is -0.393. The topological polar surface area (TPSA) is 98.5 Å². The van der Waals surface area contributed by atoms with E-state index in [-0.39, 0.29) is 0 Å². The summed E-state index contributed by atoms with van der Waals surface area (Å²) in [4.78, 5) is 37.1. The van der Waals surface area contributed by atoms with Gasteiger partial charge in [0.05, 0.1) is 0 Å². The quantitative estimate of drug-likeness (QED) is 0.635. The highest BCUT2D eigenvalue weighted by Gasteiger charge is 2.22. The zero-order valence-electron chi connectivity index (χ0n) is 15.4. The number of fused-ring (bicyclic) bond motifs is 3. The Kier molecular flexibility index (Phi) is 5.14. The van der Waals surface area contributed by atoms with E-state index in [0.717, 1.165) is 28.8 Å². The predicted octanol–water partition coefficient (Wildman–Crippen LogP) is 3.41. The number of nitrogens with two attached hydrogens (primary N) is 1. The number of hydrogen-bond donors (Lipinski definition) is 2. The minimum Gasteiger partial charge on any atom is -0.451 e. The molecule has 3 aromatic rings. The van der Waals surface area contributed by atoms with Crippen LogP contribution in [0.3, 0.4) is 0 Å². The summed E-state index contributed by atoms with van der Waals surface area (Å²) >= 11 is 1.40. The van der Waals surface area contributed by atoms with Crippen LogP contribution in [-0.2, 0) is 22.4 Å². The van der Waals surface area contributed by atoms with E-state index >= 15 is 0 Å². The molecule has 0 saturated carbocycles. The van der Waals surface area contributed by atoms with Crippen molar-refractivity contribution in [3.05, 3.63) is 76.2 Å². The van der Waals surface area contributed by atoms with Crippen molar-refractivity contribution in [3.63, 3.8) is 0 Å². The predicted molar refractivity (Wildman–Crippen MR) is 111 cm³/mol. The van der Waals surface area contributed by atoms with E-state index < -0.39 is 24.4 Å². The highest BCUT2D eigenvalue weighted by Crippen LogP contribution is 2.39. The SMILES string of the molecule is NC(=O)c1ccc(NC(=O)COC(=O)c2cc3c(s2)-c2ccccc2CC3)cc1. The largest absolute Gasteiger partial charge is 0.451 e. The van der Waals surface area contributed by atoms with Crippen molar-refractivity contribution in [1.29, 1.82) is 0 Å². The third kappa shape index (κ3) is 4.05. The lowest BCUT2D eigenvalue weighted by Gasteiger charge is -2.15. The molecule has 0 atom stereocenters. The van der Waals surface area contributed by atoms with Crippen LogP contribution in [0.1, 0.15) is 31.2 Å². The van der Waals surface area contributed by atoms with Gasteiger partial charge < -0.3 is 15.8 Å². The number of thiophene rings is 1. The summed E-state index contributed by atoms with van der Waals surface area (Å²) in [5.74, 6) is -1.52. The summed E-state index contributed by atoms with van der Waals surface area (Å²) in [7, 11) is 0. The first-order chi connectivity index (χ1) is 14.0. The third-order valence-corrected chi connectivity index (χ3v) is 5.91. The van der Waals surface area contributed by atoms with Crippen LogP contribution in [0, 0.1) is 0 Å². The van der Waals surface area contributed by atoms with Gasteiger partial charge in [-0.05, 0) is 59.9 Å². The van der Waals surface area contributed by atoms with Crippen LogP contribution in [0.4, 0.5) is 5.69 Å². The second-order valence-corrected chi connectivity index (χ2v) is 7.74. The van der Waals surface area contributed by atoms with Gasteiger partial charge in [-0.3, -0.25) is 9.59 Å². The van der Waals surface area contributed by atoms with Crippen molar-refractivity contribution in [2.24, 2.45) is 5.73 Å². The molecule has 6 nitrogen and oxygen atoms in total. The molecular weight excluding hydrogens is 388 g/mol. The summed E-state index contributed by atoms with van der Waals surface area (Å²) in [5, 5.41) is 2.61. The van der Waals surface area contributed by atoms with Crippen molar-refractivity contribution in [1.82, 2.24) is 0 Å². The van der Waals surface area contributed by atoms with Crippen LogP contribution in [0.15, 0.2) is 54.6 Å². The van der Waals surface area contributed by atoms with Gasteiger partial charge in [-0.25, -0.2) is 4.79 Å². The summed E-state index contributed by atoms with van der Waals surface area (Å²) in [5.41, 5.74) is 9.59. The average molecular weight is 406 g/mol. The van der Waals surface area contributed by atoms with Gasteiger partial charge in [0.25, 0.3) is 5.91 Å². The molecule has 4 rings (SSSR count). The third-order valence-electron chi connectivity index (χ3n) is 4.72. The maximum atomic E-state index is 12.4. The fourth-order valence-electron chi connectivity index (χ4n) is 3.29. The van der Waals surface area contributed by atoms with Crippen molar-refractivity contribution in [2.45, 2.75) is 12.8 Å². The first-order valence-corrected chi connectivity index (χ1v) is 9.91. The standard InChI is InChI=1S/C22H18N2O4S/c23-21(26)14-7-9-16(10-8-14)24-19(25)12-28-22(27)18-11-15-6-5-13-3-1-2-4-17(13)20(15)29-18/h1-4,7-11H,5-6,12H2,(H2,23,26)(H,24,25). The molecule has 1 aliphatic rings. The zero-order chi connectivity index (χ0) is 20.4. The number of hydrogen-bond acceptors (Lipinski definition) is 5. The highest BCUT2D eigenvalue weighted by atomic mass is 32.1. The van der Waals surface area contributed by atoms with Crippen LogP contribution in [-0.4, -0.2) is 24.4 Å². The summed E-state index contributed by atoms with van der Waals surface area (Å²) in [6.07, 6.45) is 1.84. The van der Waals surface area contributed by atoms with Crippen molar-refractivity contribution in [2.75, 3.05) is 11.9 Å². The molecule has 3 N–H and O–H groups in total. The maximum Gasteiger partial charge on any atom is 0.348 e. The summed E-state index contributed by atoms with van der Waals surface area (Å²) < 4.78 is 5.18. The van der Waals surface area contributed by atoms with E-state index in [1.807, 2.05) is 18.2 Å². The van der Waals surface area contributed by atoms with Gasteiger partial charge in [0.15, 0.2) is 6.61 Å². The molecule has 0 radical (unpaired) electrons. The van der Waals surface area contributed by atoms with E-state index in [9.17, 15) is 14.4 Å². The van der Waals surface area contributed by atoms with E-state index in [0.29, 0.717) is 16.1 Å². The first kappa shape index (κ1) is 18.9. The second kappa shape index (κ2) is 7.89. The van der Waals surface area contributed by atoms with Crippen LogP contribution < -0.4 is 11.1 Å². The molecule has 0 bridgehead atoms. The Morgan fingerprint density at radius 3 is 2.48 bits per heavy atom. The van der Waals surface area contributed by atoms with E-state index in [2.05, 4.69) is 17.4 Å². The number of aryl methyl sites for hydroxylation is 2. The number of nitrogens with one attached hydrogen (secondary N) is 1. The van der Waals surface area contributed by atoms with Gasteiger partial charge in [-0.1, -0.05) is 24.3 Å². The number of carbonyl (C=O) groups excluding carboxylic acids is 3. The Balaban J connectivity index is 1.37. The monoisotopic (exact) mass is 406 g/mol. The number of ether oxygens (including phenoxy) is 1. The molecule has 0 aliphatic heterocycles. The number of amides is 2. The number of rotatable bonds is 5. The Hall–Kier alpha value is -3.45. The lowest BCUT2D eigenvalue weighted by Crippen LogP contribution is -2.20. The van der Waals surface area contributed by atoms with Crippen molar-refractivity contribution >= 4 is 34.8 Å². The van der Waals surface area contributed by atoms with E-state index in [4.69, 9.17) is 10.5 Å². The smallest absolute Gasteiger partial charge is 0.348 e. The van der Waals surface area contributed by atoms with Gasteiger partial charge in [-0.2, -0.15) is 0 Å². The Labute approximate surface area is 171 Å².